The first kappa shape index (κ1) is 22.3. The molecule has 0 radical (unpaired) electrons. The van der Waals surface area contributed by atoms with Crippen LogP contribution in [0.25, 0.3) is 0 Å². The Labute approximate surface area is 193 Å². The van der Waals surface area contributed by atoms with E-state index in [4.69, 9.17) is 14.5 Å². The monoisotopic (exact) mass is 442 g/mol. The summed E-state index contributed by atoms with van der Waals surface area (Å²) in [6.07, 6.45) is 0.0855. The summed E-state index contributed by atoms with van der Waals surface area (Å²) in [5.41, 5.74) is 3.89. The van der Waals surface area contributed by atoms with Gasteiger partial charge in [0.2, 0.25) is 11.8 Å². The number of methoxy groups -OCH3 is 2. The van der Waals surface area contributed by atoms with Gasteiger partial charge in [0.25, 0.3) is 0 Å². The molecule has 4 rings (SSSR count). The van der Waals surface area contributed by atoms with E-state index >= 15 is 0 Å². The van der Waals surface area contributed by atoms with Gasteiger partial charge in [-0.05, 0) is 42.3 Å². The van der Waals surface area contributed by atoms with Crippen molar-refractivity contribution in [2.24, 2.45) is 4.99 Å². The molecule has 1 fully saturated rings. The SMILES string of the molecule is COc1cc(C(C)=NCc2ccccc2)c([C@H]2CC(=O)N(c3ccccc3)C2=O)cc1OC. The zero-order valence-electron chi connectivity index (χ0n) is 18.9. The fourth-order valence-corrected chi connectivity index (χ4v) is 4.10. The summed E-state index contributed by atoms with van der Waals surface area (Å²) in [5.74, 6) is -0.0616. The summed E-state index contributed by atoms with van der Waals surface area (Å²) in [6, 6.07) is 22.6. The lowest BCUT2D eigenvalue weighted by atomic mass is 9.90. The average molecular weight is 443 g/mol. The van der Waals surface area contributed by atoms with Gasteiger partial charge in [-0.3, -0.25) is 19.5 Å². The molecule has 3 aromatic carbocycles. The molecule has 0 saturated carbocycles. The van der Waals surface area contributed by atoms with E-state index in [0.717, 1.165) is 16.8 Å². The second kappa shape index (κ2) is 9.69. The molecule has 0 spiro atoms. The van der Waals surface area contributed by atoms with E-state index in [9.17, 15) is 9.59 Å². The van der Waals surface area contributed by atoms with E-state index in [1.807, 2.05) is 61.5 Å². The highest BCUT2D eigenvalue weighted by atomic mass is 16.5. The highest BCUT2D eigenvalue weighted by Gasteiger charge is 2.41. The molecule has 1 aliphatic heterocycles. The number of aliphatic imine (C=N–C) groups is 1. The lowest BCUT2D eigenvalue weighted by Crippen LogP contribution is -2.30. The van der Waals surface area contributed by atoms with Crippen LogP contribution in [0, 0.1) is 0 Å². The Morgan fingerprint density at radius 1 is 0.939 bits per heavy atom. The Bertz CT molecular complexity index is 1190. The van der Waals surface area contributed by atoms with Crippen LogP contribution in [0.2, 0.25) is 0 Å². The van der Waals surface area contributed by atoms with Crippen molar-refractivity contribution in [1.29, 1.82) is 0 Å². The third-order valence-corrected chi connectivity index (χ3v) is 5.82. The van der Waals surface area contributed by atoms with Crippen LogP contribution in [-0.2, 0) is 16.1 Å². The first-order chi connectivity index (χ1) is 16.0. The van der Waals surface area contributed by atoms with Gasteiger partial charge in [0, 0.05) is 17.7 Å². The maximum absolute atomic E-state index is 13.4. The maximum Gasteiger partial charge on any atom is 0.241 e. The summed E-state index contributed by atoms with van der Waals surface area (Å²) in [4.78, 5) is 32.3. The van der Waals surface area contributed by atoms with Crippen LogP contribution >= 0.6 is 0 Å². The summed E-state index contributed by atoms with van der Waals surface area (Å²) in [7, 11) is 3.12. The van der Waals surface area contributed by atoms with Gasteiger partial charge in [0.05, 0.1) is 32.4 Å². The van der Waals surface area contributed by atoms with Gasteiger partial charge in [0.15, 0.2) is 11.5 Å². The minimum atomic E-state index is -0.630. The van der Waals surface area contributed by atoms with Crippen molar-refractivity contribution in [3.05, 3.63) is 89.5 Å². The third-order valence-electron chi connectivity index (χ3n) is 5.82. The first-order valence-corrected chi connectivity index (χ1v) is 10.8. The number of ether oxygens (including phenoxy) is 2. The second-order valence-electron chi connectivity index (χ2n) is 7.84. The van der Waals surface area contributed by atoms with Crippen LogP contribution < -0.4 is 14.4 Å². The van der Waals surface area contributed by atoms with Crippen molar-refractivity contribution >= 4 is 23.2 Å². The molecule has 1 heterocycles. The number of para-hydroxylation sites is 1. The van der Waals surface area contributed by atoms with Crippen LogP contribution in [-0.4, -0.2) is 31.7 Å². The standard InChI is InChI=1S/C27H26N2O4/c1-18(28-17-19-10-6-4-7-11-19)21-14-24(32-2)25(33-3)15-22(21)23-16-26(30)29(27(23)31)20-12-8-5-9-13-20/h4-15,23H,16-17H2,1-3H3/t23-/m1/s1. The molecule has 33 heavy (non-hydrogen) atoms. The summed E-state index contributed by atoms with van der Waals surface area (Å²) >= 11 is 0. The molecule has 6 nitrogen and oxygen atoms in total. The minimum Gasteiger partial charge on any atom is -0.493 e. The van der Waals surface area contributed by atoms with Gasteiger partial charge in [-0.2, -0.15) is 0 Å². The van der Waals surface area contributed by atoms with Crippen molar-refractivity contribution in [3.63, 3.8) is 0 Å². The van der Waals surface area contributed by atoms with Crippen LogP contribution in [0.3, 0.4) is 0 Å². The maximum atomic E-state index is 13.4. The number of anilines is 1. The fraction of sp³-hybridized carbons (Fsp3) is 0.222. The summed E-state index contributed by atoms with van der Waals surface area (Å²) in [5, 5.41) is 0. The molecule has 0 aromatic heterocycles. The van der Waals surface area contributed by atoms with Gasteiger partial charge in [-0.1, -0.05) is 48.5 Å². The summed E-state index contributed by atoms with van der Waals surface area (Å²) in [6.45, 7) is 2.41. The molecular weight excluding hydrogens is 416 g/mol. The quantitative estimate of drug-likeness (QED) is 0.391. The van der Waals surface area contributed by atoms with Crippen LogP contribution in [0.5, 0.6) is 11.5 Å². The average Bonchev–Trinajstić information content (AvgIpc) is 3.16. The molecule has 1 aliphatic rings. The summed E-state index contributed by atoms with van der Waals surface area (Å²) < 4.78 is 11.0. The van der Waals surface area contributed by atoms with Gasteiger partial charge >= 0.3 is 0 Å². The number of amides is 2. The zero-order chi connectivity index (χ0) is 23.4. The predicted molar refractivity (Wildman–Crippen MR) is 128 cm³/mol. The second-order valence-corrected chi connectivity index (χ2v) is 7.84. The highest BCUT2D eigenvalue weighted by molar-refractivity contribution is 6.23. The fourth-order valence-electron chi connectivity index (χ4n) is 4.10. The Morgan fingerprint density at radius 2 is 1.55 bits per heavy atom. The topological polar surface area (TPSA) is 68.2 Å². The van der Waals surface area contributed by atoms with Gasteiger partial charge in [-0.25, -0.2) is 0 Å². The van der Waals surface area contributed by atoms with Crippen molar-refractivity contribution in [1.82, 2.24) is 0 Å². The van der Waals surface area contributed by atoms with Crippen LogP contribution in [0.15, 0.2) is 77.8 Å². The Balaban J connectivity index is 1.75. The van der Waals surface area contributed by atoms with E-state index in [0.29, 0.717) is 29.3 Å². The van der Waals surface area contributed by atoms with E-state index in [1.165, 1.54) is 4.90 Å². The Hall–Kier alpha value is -3.93. The first-order valence-electron chi connectivity index (χ1n) is 10.8. The molecular formula is C27H26N2O4. The number of hydrogen-bond donors (Lipinski definition) is 0. The number of benzene rings is 3. The molecule has 0 unspecified atom stereocenters. The highest BCUT2D eigenvalue weighted by Crippen LogP contribution is 2.40. The molecule has 3 aromatic rings. The largest absolute Gasteiger partial charge is 0.493 e. The lowest BCUT2D eigenvalue weighted by Gasteiger charge is -2.19. The number of carbonyl (C=O) groups is 2. The molecule has 1 atom stereocenters. The van der Waals surface area contributed by atoms with E-state index < -0.39 is 5.92 Å². The van der Waals surface area contributed by atoms with Crippen molar-refractivity contribution in [2.45, 2.75) is 25.8 Å². The van der Waals surface area contributed by atoms with Crippen molar-refractivity contribution in [2.75, 3.05) is 19.1 Å². The molecule has 1 saturated heterocycles. The van der Waals surface area contributed by atoms with Crippen molar-refractivity contribution < 1.29 is 19.1 Å². The minimum absolute atomic E-state index is 0.0855. The van der Waals surface area contributed by atoms with Gasteiger partial charge < -0.3 is 9.47 Å². The van der Waals surface area contributed by atoms with E-state index in [-0.39, 0.29) is 18.2 Å². The number of carbonyl (C=O) groups excluding carboxylic acids is 2. The molecule has 0 N–H and O–H groups in total. The molecule has 168 valence electrons. The lowest BCUT2D eigenvalue weighted by molar-refractivity contribution is -0.121. The number of nitrogens with zero attached hydrogens (tertiary/aromatic N) is 2. The molecule has 6 heteroatoms. The zero-order valence-corrected chi connectivity index (χ0v) is 18.9. The van der Waals surface area contributed by atoms with Crippen LogP contribution in [0.1, 0.15) is 36.0 Å². The van der Waals surface area contributed by atoms with E-state index in [2.05, 4.69) is 0 Å². The number of imide groups is 1. The number of hydrogen-bond acceptors (Lipinski definition) is 5. The Morgan fingerprint density at radius 3 is 2.18 bits per heavy atom. The van der Waals surface area contributed by atoms with E-state index in [1.54, 1.807) is 32.4 Å². The molecule has 2 amide bonds. The van der Waals surface area contributed by atoms with Gasteiger partial charge in [-0.15, -0.1) is 0 Å². The third kappa shape index (κ3) is 4.51. The van der Waals surface area contributed by atoms with Gasteiger partial charge in [0.1, 0.15) is 0 Å². The van der Waals surface area contributed by atoms with Crippen LogP contribution in [0.4, 0.5) is 5.69 Å². The molecule has 0 aliphatic carbocycles. The molecule has 0 bridgehead atoms. The van der Waals surface area contributed by atoms with Crippen molar-refractivity contribution in [3.8, 4) is 11.5 Å². The normalized spacial score (nSPS) is 16.3. The predicted octanol–water partition coefficient (Wildman–Crippen LogP) is 4.76. The Kier molecular flexibility index (Phi) is 6.54. The number of rotatable bonds is 7. The smallest absolute Gasteiger partial charge is 0.241 e.